The van der Waals surface area contributed by atoms with Crippen molar-refractivity contribution in [2.75, 3.05) is 19.8 Å². The van der Waals surface area contributed by atoms with E-state index < -0.39 is 0 Å². The summed E-state index contributed by atoms with van der Waals surface area (Å²) in [6.07, 6.45) is 3.30. The Balaban J connectivity index is 1.97. The van der Waals surface area contributed by atoms with Crippen LogP contribution in [0.3, 0.4) is 0 Å². The van der Waals surface area contributed by atoms with Gasteiger partial charge in [-0.3, -0.25) is 4.79 Å². The van der Waals surface area contributed by atoms with Gasteiger partial charge in [-0.2, -0.15) is 0 Å². The molecule has 1 unspecified atom stereocenters. The largest absolute Gasteiger partial charge is 0.384 e. The highest BCUT2D eigenvalue weighted by Crippen LogP contribution is 2.15. The van der Waals surface area contributed by atoms with Crippen LogP contribution in [0, 0.1) is 18.8 Å². The molecule has 1 fully saturated rings. The van der Waals surface area contributed by atoms with Crippen molar-refractivity contribution in [1.29, 1.82) is 0 Å². The molecular formula is C17H21NO3. The number of amides is 1. The number of aliphatic hydroxyl groups excluding tert-OH is 1. The second kappa shape index (κ2) is 7.82. The molecule has 21 heavy (non-hydrogen) atoms. The third-order valence-corrected chi connectivity index (χ3v) is 3.50. The number of ether oxygens (including phenoxy) is 1. The van der Waals surface area contributed by atoms with Gasteiger partial charge >= 0.3 is 0 Å². The van der Waals surface area contributed by atoms with Crippen LogP contribution < -0.4 is 5.32 Å². The molecule has 1 aliphatic rings. The van der Waals surface area contributed by atoms with E-state index in [-0.39, 0.29) is 18.6 Å². The lowest BCUT2D eigenvalue weighted by Crippen LogP contribution is -2.27. The van der Waals surface area contributed by atoms with Crippen LogP contribution in [0.25, 0.3) is 0 Å². The number of nitrogens with one attached hydrogen (secondary N) is 1. The van der Waals surface area contributed by atoms with Gasteiger partial charge in [-0.15, -0.1) is 0 Å². The first kappa shape index (κ1) is 15.6. The quantitative estimate of drug-likeness (QED) is 0.828. The van der Waals surface area contributed by atoms with E-state index in [0.29, 0.717) is 17.7 Å². The van der Waals surface area contributed by atoms with Gasteiger partial charge in [0.25, 0.3) is 5.91 Å². The summed E-state index contributed by atoms with van der Waals surface area (Å²) >= 11 is 0. The molecule has 0 aliphatic carbocycles. The highest BCUT2D eigenvalue weighted by molar-refractivity contribution is 5.96. The fourth-order valence-electron chi connectivity index (χ4n) is 2.41. The first-order chi connectivity index (χ1) is 10.2. The first-order valence-corrected chi connectivity index (χ1v) is 7.31. The van der Waals surface area contributed by atoms with Gasteiger partial charge < -0.3 is 15.2 Å². The van der Waals surface area contributed by atoms with Crippen molar-refractivity contribution in [3.8, 4) is 11.8 Å². The Hall–Kier alpha value is -1.83. The molecule has 0 radical (unpaired) electrons. The van der Waals surface area contributed by atoms with E-state index in [2.05, 4.69) is 17.2 Å². The molecular weight excluding hydrogens is 266 g/mol. The molecule has 2 N–H and O–H groups in total. The predicted molar refractivity (Wildman–Crippen MR) is 81.1 cm³/mol. The average molecular weight is 287 g/mol. The van der Waals surface area contributed by atoms with Gasteiger partial charge in [0.15, 0.2) is 0 Å². The Morgan fingerprint density at radius 3 is 3.10 bits per heavy atom. The molecule has 1 aromatic rings. The van der Waals surface area contributed by atoms with Gasteiger partial charge in [-0.25, -0.2) is 0 Å². The minimum Gasteiger partial charge on any atom is -0.384 e. The van der Waals surface area contributed by atoms with Gasteiger partial charge in [0.2, 0.25) is 0 Å². The fourth-order valence-corrected chi connectivity index (χ4v) is 2.41. The van der Waals surface area contributed by atoms with E-state index in [1.54, 1.807) is 6.07 Å². The van der Waals surface area contributed by atoms with E-state index in [1.165, 1.54) is 0 Å². The smallest absolute Gasteiger partial charge is 0.252 e. The maximum atomic E-state index is 12.2. The van der Waals surface area contributed by atoms with Gasteiger partial charge in [0.05, 0.1) is 11.7 Å². The van der Waals surface area contributed by atoms with Crippen LogP contribution in [0.5, 0.6) is 0 Å². The van der Waals surface area contributed by atoms with Gasteiger partial charge in [0.1, 0.15) is 6.61 Å². The fraction of sp³-hybridized carbons (Fsp3) is 0.471. The second-order valence-corrected chi connectivity index (χ2v) is 5.19. The molecule has 1 aliphatic heterocycles. The molecule has 2 rings (SSSR count). The van der Waals surface area contributed by atoms with Crippen molar-refractivity contribution in [3.05, 3.63) is 34.9 Å². The zero-order valence-electron chi connectivity index (χ0n) is 12.3. The molecule has 1 amide bonds. The molecule has 1 heterocycles. The number of hydrogen-bond acceptors (Lipinski definition) is 3. The van der Waals surface area contributed by atoms with Crippen molar-refractivity contribution >= 4 is 5.91 Å². The van der Waals surface area contributed by atoms with Crippen molar-refractivity contribution in [3.63, 3.8) is 0 Å². The number of carbonyl (C=O) groups is 1. The molecule has 1 aromatic carbocycles. The molecule has 4 heteroatoms. The van der Waals surface area contributed by atoms with Crippen LogP contribution >= 0.6 is 0 Å². The third-order valence-electron chi connectivity index (χ3n) is 3.50. The zero-order valence-corrected chi connectivity index (χ0v) is 12.3. The van der Waals surface area contributed by atoms with Crippen LogP contribution in [-0.4, -0.2) is 36.9 Å². The highest BCUT2D eigenvalue weighted by atomic mass is 16.5. The Labute approximate surface area is 125 Å². The maximum absolute atomic E-state index is 12.2. The monoisotopic (exact) mass is 287 g/mol. The SMILES string of the molecule is Cc1ccc(C(=O)NCCC2CCCO2)c(C#CCO)c1. The van der Waals surface area contributed by atoms with Crippen molar-refractivity contribution in [1.82, 2.24) is 5.32 Å². The number of hydrogen-bond donors (Lipinski definition) is 2. The standard InChI is InChI=1S/C17H21NO3/c1-13-6-7-16(14(12-13)4-2-10-19)17(20)18-9-8-15-5-3-11-21-15/h6-7,12,15,19H,3,5,8-11H2,1H3,(H,18,20). The van der Waals surface area contributed by atoms with Crippen LogP contribution in [-0.2, 0) is 4.74 Å². The van der Waals surface area contributed by atoms with Gasteiger partial charge in [-0.05, 0) is 43.9 Å². The van der Waals surface area contributed by atoms with Gasteiger partial charge in [-0.1, -0.05) is 17.9 Å². The topological polar surface area (TPSA) is 58.6 Å². The van der Waals surface area contributed by atoms with E-state index in [9.17, 15) is 4.79 Å². The number of aryl methyl sites for hydroxylation is 1. The zero-order chi connectivity index (χ0) is 15.1. The third kappa shape index (κ3) is 4.59. The number of benzene rings is 1. The minimum atomic E-state index is -0.214. The maximum Gasteiger partial charge on any atom is 0.252 e. The van der Waals surface area contributed by atoms with Crippen LogP contribution in [0.2, 0.25) is 0 Å². The van der Waals surface area contributed by atoms with Gasteiger partial charge in [0, 0.05) is 18.7 Å². The van der Waals surface area contributed by atoms with Crippen LogP contribution in [0.15, 0.2) is 18.2 Å². The van der Waals surface area contributed by atoms with Crippen molar-refractivity contribution < 1.29 is 14.6 Å². The van der Waals surface area contributed by atoms with Crippen LogP contribution in [0.4, 0.5) is 0 Å². The summed E-state index contributed by atoms with van der Waals surface area (Å²) in [7, 11) is 0. The number of rotatable bonds is 4. The molecule has 0 bridgehead atoms. The molecule has 1 atom stereocenters. The lowest BCUT2D eigenvalue weighted by atomic mass is 10.0. The summed E-state index contributed by atoms with van der Waals surface area (Å²) in [4.78, 5) is 12.2. The van der Waals surface area contributed by atoms with Crippen LogP contribution in [0.1, 0.15) is 40.7 Å². The summed E-state index contributed by atoms with van der Waals surface area (Å²) in [6, 6.07) is 5.52. The highest BCUT2D eigenvalue weighted by Gasteiger charge is 2.16. The minimum absolute atomic E-state index is 0.129. The summed E-state index contributed by atoms with van der Waals surface area (Å²) in [6.45, 7) is 3.17. The van der Waals surface area contributed by atoms with E-state index in [4.69, 9.17) is 9.84 Å². The summed E-state index contributed by atoms with van der Waals surface area (Å²) in [5.41, 5.74) is 2.24. The molecule has 0 aromatic heterocycles. The lowest BCUT2D eigenvalue weighted by Gasteiger charge is -2.11. The molecule has 0 spiro atoms. The Bertz CT molecular complexity index is 551. The number of aliphatic hydroxyl groups is 1. The Morgan fingerprint density at radius 1 is 1.52 bits per heavy atom. The second-order valence-electron chi connectivity index (χ2n) is 5.19. The van der Waals surface area contributed by atoms with E-state index >= 15 is 0 Å². The molecule has 4 nitrogen and oxygen atoms in total. The summed E-state index contributed by atoms with van der Waals surface area (Å²) in [5, 5.41) is 11.7. The first-order valence-electron chi connectivity index (χ1n) is 7.31. The normalized spacial score (nSPS) is 17.1. The Morgan fingerprint density at radius 2 is 2.38 bits per heavy atom. The van der Waals surface area contributed by atoms with E-state index in [1.807, 2.05) is 19.1 Å². The summed E-state index contributed by atoms with van der Waals surface area (Å²) in [5.74, 6) is 5.29. The van der Waals surface area contributed by atoms with Crippen molar-refractivity contribution in [2.24, 2.45) is 0 Å². The molecule has 0 saturated carbocycles. The van der Waals surface area contributed by atoms with Crippen molar-refractivity contribution in [2.45, 2.75) is 32.3 Å². The summed E-state index contributed by atoms with van der Waals surface area (Å²) < 4.78 is 5.53. The lowest BCUT2D eigenvalue weighted by molar-refractivity contribution is 0.0907. The molecule has 1 saturated heterocycles. The molecule has 112 valence electrons. The van der Waals surface area contributed by atoms with E-state index in [0.717, 1.165) is 31.4 Å². The predicted octanol–water partition coefficient (Wildman–Crippen LogP) is 1.64. The number of carbonyl (C=O) groups excluding carboxylic acids is 1. The average Bonchev–Trinajstić information content (AvgIpc) is 2.98. The Kier molecular flexibility index (Phi) is 5.79.